The Bertz CT molecular complexity index is 689. The van der Waals surface area contributed by atoms with Crippen molar-refractivity contribution in [3.05, 3.63) is 47.9 Å². The van der Waals surface area contributed by atoms with Crippen LogP contribution in [0.25, 0.3) is 0 Å². The number of ether oxygens (including phenoxy) is 1. The molecule has 1 unspecified atom stereocenters. The molecule has 0 radical (unpaired) electrons. The van der Waals surface area contributed by atoms with Crippen molar-refractivity contribution in [2.24, 2.45) is 0 Å². The maximum Gasteiger partial charge on any atom is 0.414 e. The number of hydrogen-bond donors (Lipinski definition) is 1. The Morgan fingerprint density at radius 1 is 1.32 bits per heavy atom. The molecule has 22 heavy (non-hydrogen) atoms. The van der Waals surface area contributed by atoms with E-state index in [0.717, 1.165) is 22.8 Å². The van der Waals surface area contributed by atoms with E-state index in [1.165, 1.54) is 0 Å². The molecular formula is C16H18N4O2. The number of rotatable bonds is 4. The number of carbonyl (C=O) groups is 1. The average molecular weight is 298 g/mol. The van der Waals surface area contributed by atoms with Gasteiger partial charge in [-0.1, -0.05) is 12.1 Å². The van der Waals surface area contributed by atoms with Gasteiger partial charge in [-0.2, -0.15) is 0 Å². The Kier molecular flexibility index (Phi) is 3.91. The summed E-state index contributed by atoms with van der Waals surface area (Å²) >= 11 is 0. The van der Waals surface area contributed by atoms with Crippen molar-refractivity contribution in [3.63, 3.8) is 0 Å². The predicted molar refractivity (Wildman–Crippen MR) is 83.9 cm³/mol. The monoisotopic (exact) mass is 298 g/mol. The smallest absolute Gasteiger partial charge is 0.414 e. The van der Waals surface area contributed by atoms with Gasteiger partial charge in [-0.25, -0.2) is 14.8 Å². The maximum absolute atomic E-state index is 11.7. The van der Waals surface area contributed by atoms with E-state index in [1.807, 2.05) is 37.3 Å². The topological polar surface area (TPSA) is 67.3 Å². The summed E-state index contributed by atoms with van der Waals surface area (Å²) in [6.07, 6.45) is 1.25. The number of nitrogens with one attached hydrogen (secondary N) is 1. The molecule has 1 aliphatic heterocycles. The molecule has 1 aromatic carbocycles. The molecule has 1 atom stereocenters. The number of nitrogens with zero attached hydrogens (tertiary/aromatic N) is 3. The van der Waals surface area contributed by atoms with Crippen LogP contribution < -0.4 is 10.2 Å². The third kappa shape index (κ3) is 3.00. The van der Waals surface area contributed by atoms with Crippen molar-refractivity contribution >= 4 is 17.6 Å². The van der Waals surface area contributed by atoms with Gasteiger partial charge < -0.3 is 10.1 Å². The van der Waals surface area contributed by atoms with Crippen LogP contribution in [0.5, 0.6) is 0 Å². The third-order valence-electron chi connectivity index (χ3n) is 3.61. The molecule has 0 spiro atoms. The van der Waals surface area contributed by atoms with Gasteiger partial charge in [0.05, 0.1) is 12.6 Å². The number of hydrogen-bond acceptors (Lipinski definition) is 5. The van der Waals surface area contributed by atoms with Crippen LogP contribution in [0.15, 0.2) is 36.7 Å². The number of amides is 1. The minimum Gasteiger partial charge on any atom is -0.447 e. The van der Waals surface area contributed by atoms with Crippen molar-refractivity contribution in [2.75, 3.05) is 23.4 Å². The number of anilines is 2. The molecule has 0 bridgehead atoms. The summed E-state index contributed by atoms with van der Waals surface area (Å²) in [6.45, 7) is 5.02. The quantitative estimate of drug-likeness (QED) is 0.940. The van der Waals surface area contributed by atoms with Crippen LogP contribution in [0.1, 0.15) is 24.2 Å². The van der Waals surface area contributed by atoms with Gasteiger partial charge in [-0.3, -0.25) is 4.90 Å². The largest absolute Gasteiger partial charge is 0.447 e. The summed E-state index contributed by atoms with van der Waals surface area (Å²) in [5, 5.41) is 3.34. The molecule has 1 fully saturated rings. The van der Waals surface area contributed by atoms with Crippen LogP contribution in [0.4, 0.5) is 16.3 Å². The molecule has 2 heterocycles. The highest BCUT2D eigenvalue weighted by Crippen LogP contribution is 2.24. The fraction of sp³-hybridized carbons (Fsp3) is 0.312. The number of cyclic esters (lactones) is 1. The Labute approximate surface area is 129 Å². The Morgan fingerprint density at radius 2 is 2.18 bits per heavy atom. The van der Waals surface area contributed by atoms with Crippen molar-refractivity contribution in [3.8, 4) is 0 Å². The van der Waals surface area contributed by atoms with Crippen molar-refractivity contribution in [1.29, 1.82) is 0 Å². The van der Waals surface area contributed by atoms with Gasteiger partial charge in [0.15, 0.2) is 0 Å². The molecule has 3 rings (SSSR count). The molecule has 0 aliphatic carbocycles. The van der Waals surface area contributed by atoms with Gasteiger partial charge in [0, 0.05) is 17.4 Å². The highest BCUT2D eigenvalue weighted by Gasteiger charge is 2.23. The summed E-state index contributed by atoms with van der Waals surface area (Å²) in [4.78, 5) is 21.6. The SMILES string of the molecule is Cc1cc(NC(C)c2cccc(N3CCOC3=O)c2)ncn1. The molecule has 0 saturated carbocycles. The molecule has 114 valence electrons. The summed E-state index contributed by atoms with van der Waals surface area (Å²) in [7, 11) is 0. The van der Waals surface area contributed by atoms with Crippen molar-refractivity contribution in [2.45, 2.75) is 19.9 Å². The van der Waals surface area contributed by atoms with Gasteiger partial charge in [0.1, 0.15) is 18.8 Å². The second-order valence-corrected chi connectivity index (χ2v) is 5.27. The van der Waals surface area contributed by atoms with Gasteiger partial charge in [-0.15, -0.1) is 0 Å². The lowest BCUT2D eigenvalue weighted by molar-refractivity contribution is 0.181. The van der Waals surface area contributed by atoms with E-state index < -0.39 is 0 Å². The lowest BCUT2D eigenvalue weighted by Gasteiger charge is -2.18. The first kappa shape index (κ1) is 14.3. The van der Waals surface area contributed by atoms with Crippen LogP contribution in [0.2, 0.25) is 0 Å². The zero-order valence-electron chi connectivity index (χ0n) is 12.6. The number of aromatic nitrogens is 2. The molecule has 6 nitrogen and oxygen atoms in total. The highest BCUT2D eigenvalue weighted by atomic mass is 16.6. The van der Waals surface area contributed by atoms with Gasteiger partial charge in [-0.05, 0) is 31.5 Å². The van der Waals surface area contributed by atoms with Crippen LogP contribution in [-0.4, -0.2) is 29.2 Å². The molecule has 1 N–H and O–H groups in total. The Morgan fingerprint density at radius 3 is 2.91 bits per heavy atom. The number of benzene rings is 1. The predicted octanol–water partition coefficient (Wildman–Crippen LogP) is 2.91. The van der Waals surface area contributed by atoms with Crippen LogP contribution in [0, 0.1) is 6.92 Å². The summed E-state index contributed by atoms with van der Waals surface area (Å²) in [5.41, 5.74) is 2.85. The molecule has 2 aromatic rings. The molecular weight excluding hydrogens is 280 g/mol. The van der Waals surface area contributed by atoms with E-state index in [-0.39, 0.29) is 12.1 Å². The summed E-state index contributed by atoms with van der Waals surface area (Å²) in [5.74, 6) is 0.783. The molecule has 1 aliphatic rings. The van der Waals surface area contributed by atoms with E-state index in [1.54, 1.807) is 11.2 Å². The number of aryl methyl sites for hydroxylation is 1. The first-order valence-corrected chi connectivity index (χ1v) is 7.23. The lowest BCUT2D eigenvalue weighted by atomic mass is 10.1. The highest BCUT2D eigenvalue weighted by molar-refractivity contribution is 5.89. The van der Waals surface area contributed by atoms with Crippen molar-refractivity contribution in [1.82, 2.24) is 9.97 Å². The zero-order valence-corrected chi connectivity index (χ0v) is 12.6. The van der Waals surface area contributed by atoms with E-state index in [4.69, 9.17) is 4.74 Å². The standard InChI is InChI=1S/C16H18N4O2/c1-11-8-15(18-10-17-11)19-12(2)13-4-3-5-14(9-13)20-6-7-22-16(20)21/h3-5,8-10,12H,6-7H2,1-2H3,(H,17,18,19). The van der Waals surface area contributed by atoms with Crippen LogP contribution in [-0.2, 0) is 4.74 Å². The fourth-order valence-corrected chi connectivity index (χ4v) is 2.43. The molecule has 1 saturated heterocycles. The molecule has 1 amide bonds. The van der Waals surface area contributed by atoms with Crippen molar-refractivity contribution < 1.29 is 9.53 Å². The van der Waals surface area contributed by atoms with Gasteiger partial charge in [0.2, 0.25) is 0 Å². The number of carbonyl (C=O) groups excluding carboxylic acids is 1. The average Bonchev–Trinajstić information content (AvgIpc) is 2.93. The van der Waals surface area contributed by atoms with Gasteiger partial charge in [0.25, 0.3) is 0 Å². The van der Waals surface area contributed by atoms with Gasteiger partial charge >= 0.3 is 6.09 Å². The summed E-state index contributed by atoms with van der Waals surface area (Å²) < 4.78 is 4.98. The van der Waals surface area contributed by atoms with E-state index >= 15 is 0 Å². The second-order valence-electron chi connectivity index (χ2n) is 5.27. The zero-order chi connectivity index (χ0) is 15.5. The van der Waals surface area contributed by atoms with E-state index in [2.05, 4.69) is 22.2 Å². The Hall–Kier alpha value is -2.63. The molecule has 1 aromatic heterocycles. The van der Waals surface area contributed by atoms with Crippen LogP contribution in [0.3, 0.4) is 0 Å². The normalized spacial score (nSPS) is 15.5. The second kappa shape index (κ2) is 6.01. The fourth-order valence-electron chi connectivity index (χ4n) is 2.43. The van der Waals surface area contributed by atoms with E-state index in [9.17, 15) is 4.79 Å². The first-order chi connectivity index (χ1) is 10.6. The lowest BCUT2D eigenvalue weighted by Crippen LogP contribution is -2.23. The minimum atomic E-state index is -0.288. The third-order valence-corrected chi connectivity index (χ3v) is 3.61. The maximum atomic E-state index is 11.7. The first-order valence-electron chi connectivity index (χ1n) is 7.23. The minimum absolute atomic E-state index is 0.0628. The Balaban J connectivity index is 1.78. The molecule has 6 heteroatoms. The van der Waals surface area contributed by atoms with E-state index in [0.29, 0.717) is 13.2 Å². The van der Waals surface area contributed by atoms with Crippen LogP contribution >= 0.6 is 0 Å². The summed E-state index contributed by atoms with van der Waals surface area (Å²) in [6, 6.07) is 9.84.